The van der Waals surface area contributed by atoms with Crippen molar-refractivity contribution in [1.82, 2.24) is 15.2 Å². The van der Waals surface area contributed by atoms with Gasteiger partial charge < -0.3 is 9.32 Å². The Balaban J connectivity index is 1.48. The number of amides is 1. The summed E-state index contributed by atoms with van der Waals surface area (Å²) in [5.74, 6) is 0.767. The molecule has 3 aromatic rings. The number of nitrogens with zero attached hydrogens (tertiary/aromatic N) is 2. The Labute approximate surface area is 163 Å². The molecule has 1 fully saturated rings. The highest BCUT2D eigenvalue weighted by Gasteiger charge is 2.26. The van der Waals surface area contributed by atoms with Crippen molar-refractivity contribution in [1.29, 1.82) is 0 Å². The maximum Gasteiger partial charge on any atom is 0.244 e. The summed E-state index contributed by atoms with van der Waals surface area (Å²) in [5.41, 5.74) is 1.78. The molecule has 3 heterocycles. The van der Waals surface area contributed by atoms with Gasteiger partial charge in [-0.05, 0) is 36.3 Å². The topological polar surface area (TPSA) is 58.4 Å². The lowest BCUT2D eigenvalue weighted by atomic mass is 10.0. The van der Waals surface area contributed by atoms with Gasteiger partial charge in [-0.2, -0.15) is 0 Å². The van der Waals surface area contributed by atoms with Gasteiger partial charge in [-0.25, -0.2) is 4.98 Å². The van der Waals surface area contributed by atoms with Crippen molar-refractivity contribution in [2.45, 2.75) is 31.8 Å². The molecule has 27 heavy (non-hydrogen) atoms. The first-order valence-electron chi connectivity index (χ1n) is 9.36. The molecule has 1 aromatic carbocycles. The summed E-state index contributed by atoms with van der Waals surface area (Å²) in [6.45, 7) is 2.17. The van der Waals surface area contributed by atoms with Crippen LogP contribution in [0.5, 0.6) is 0 Å². The number of aromatic nitrogens is 1. The van der Waals surface area contributed by atoms with Gasteiger partial charge in [0.25, 0.3) is 0 Å². The summed E-state index contributed by atoms with van der Waals surface area (Å²) in [4.78, 5) is 20.7. The van der Waals surface area contributed by atoms with Gasteiger partial charge in [0.05, 0.1) is 10.6 Å². The van der Waals surface area contributed by atoms with Gasteiger partial charge in [0, 0.05) is 19.6 Å². The zero-order valence-electron chi connectivity index (χ0n) is 15.1. The number of nitrogens with one attached hydrogen (secondary N) is 1. The lowest BCUT2D eigenvalue weighted by molar-refractivity contribution is -0.134. The second kappa shape index (κ2) is 8.50. The number of carbonyl (C=O) groups excluding carboxylic acids is 1. The van der Waals surface area contributed by atoms with Crippen LogP contribution in [-0.2, 0) is 11.3 Å². The van der Waals surface area contributed by atoms with Crippen molar-refractivity contribution in [2.75, 3.05) is 13.1 Å². The van der Waals surface area contributed by atoms with Crippen LogP contribution in [0.1, 0.15) is 36.6 Å². The van der Waals surface area contributed by atoms with Crippen LogP contribution in [-0.4, -0.2) is 28.9 Å². The van der Waals surface area contributed by atoms with Crippen molar-refractivity contribution in [3.05, 3.63) is 65.4 Å². The third-order valence-corrected chi connectivity index (χ3v) is 5.68. The fourth-order valence-corrected chi connectivity index (χ4v) is 4.05. The molecule has 0 spiro atoms. The first-order valence-corrected chi connectivity index (χ1v) is 10.2. The average Bonchev–Trinajstić information content (AvgIpc) is 3.41. The Morgan fingerprint density at radius 1 is 1.15 bits per heavy atom. The molecule has 140 valence electrons. The number of thiophene rings is 1. The quantitative estimate of drug-likeness (QED) is 0.694. The molecule has 0 radical (unpaired) electrons. The van der Waals surface area contributed by atoms with Crippen LogP contribution in [0.3, 0.4) is 0 Å². The normalized spacial score (nSPS) is 15.6. The fraction of sp³-hybridized carbons (Fsp3) is 0.333. The van der Waals surface area contributed by atoms with Gasteiger partial charge >= 0.3 is 0 Å². The number of benzene rings is 1. The van der Waals surface area contributed by atoms with Crippen molar-refractivity contribution in [2.24, 2.45) is 0 Å². The summed E-state index contributed by atoms with van der Waals surface area (Å²) in [7, 11) is 0. The van der Waals surface area contributed by atoms with Crippen molar-refractivity contribution in [3.63, 3.8) is 0 Å². The van der Waals surface area contributed by atoms with Crippen molar-refractivity contribution < 1.29 is 9.21 Å². The molecule has 6 heteroatoms. The van der Waals surface area contributed by atoms with E-state index in [1.807, 2.05) is 52.7 Å². The van der Waals surface area contributed by atoms with Gasteiger partial charge in [0.15, 0.2) is 0 Å². The zero-order valence-corrected chi connectivity index (χ0v) is 16.0. The third-order valence-electron chi connectivity index (χ3n) is 4.82. The molecule has 1 amide bonds. The van der Waals surface area contributed by atoms with E-state index < -0.39 is 0 Å². The van der Waals surface area contributed by atoms with Crippen LogP contribution in [0.15, 0.2) is 58.5 Å². The minimum absolute atomic E-state index is 0.142. The first kappa shape index (κ1) is 17.9. The zero-order chi connectivity index (χ0) is 18.5. The van der Waals surface area contributed by atoms with Crippen LogP contribution in [0.4, 0.5) is 0 Å². The molecule has 1 N–H and O–H groups in total. The second-order valence-corrected chi connectivity index (χ2v) is 7.68. The summed E-state index contributed by atoms with van der Waals surface area (Å²) in [6, 6.07) is 13.5. The summed E-state index contributed by atoms with van der Waals surface area (Å²) >= 11 is 1.60. The molecule has 1 aliphatic rings. The fourth-order valence-electron chi connectivity index (χ4n) is 3.40. The molecule has 1 saturated heterocycles. The number of hydrogen-bond donors (Lipinski definition) is 1. The number of piperidine rings is 1. The minimum atomic E-state index is -0.369. The van der Waals surface area contributed by atoms with E-state index in [2.05, 4.69) is 10.3 Å². The van der Waals surface area contributed by atoms with Crippen LogP contribution < -0.4 is 5.32 Å². The molecule has 4 rings (SSSR count). The minimum Gasteiger partial charge on any atom is -0.444 e. The smallest absolute Gasteiger partial charge is 0.244 e. The monoisotopic (exact) mass is 381 g/mol. The van der Waals surface area contributed by atoms with E-state index in [1.165, 1.54) is 6.42 Å². The Morgan fingerprint density at radius 2 is 1.96 bits per heavy atom. The van der Waals surface area contributed by atoms with Crippen LogP contribution >= 0.6 is 11.3 Å². The molecule has 2 aromatic heterocycles. The maximum atomic E-state index is 13.1. The summed E-state index contributed by atoms with van der Waals surface area (Å²) in [5, 5.41) is 5.40. The molecule has 1 unspecified atom stereocenters. The number of rotatable bonds is 6. The Bertz CT molecular complexity index is 855. The van der Waals surface area contributed by atoms with Gasteiger partial charge in [-0.15, -0.1) is 11.3 Å². The van der Waals surface area contributed by atoms with Gasteiger partial charge in [0.1, 0.15) is 12.3 Å². The Hall–Kier alpha value is -2.44. The van der Waals surface area contributed by atoms with Crippen molar-refractivity contribution >= 4 is 17.2 Å². The largest absolute Gasteiger partial charge is 0.444 e. The number of carbonyl (C=O) groups is 1. The highest BCUT2D eigenvalue weighted by atomic mass is 32.1. The van der Waals surface area contributed by atoms with Crippen molar-refractivity contribution in [3.8, 4) is 10.8 Å². The van der Waals surface area contributed by atoms with E-state index in [9.17, 15) is 4.79 Å². The second-order valence-electron chi connectivity index (χ2n) is 6.73. The molecule has 0 aliphatic carbocycles. The lowest BCUT2D eigenvalue weighted by Gasteiger charge is -2.31. The van der Waals surface area contributed by atoms with Gasteiger partial charge in [-0.1, -0.05) is 36.4 Å². The molecular weight excluding hydrogens is 358 g/mol. The number of oxazole rings is 1. The molecule has 0 bridgehead atoms. The maximum absolute atomic E-state index is 13.1. The third kappa shape index (κ3) is 4.28. The molecule has 0 saturated carbocycles. The van der Waals surface area contributed by atoms with E-state index in [1.54, 1.807) is 17.6 Å². The van der Waals surface area contributed by atoms with E-state index >= 15 is 0 Å². The highest BCUT2D eigenvalue weighted by Crippen LogP contribution is 2.24. The predicted molar refractivity (Wildman–Crippen MR) is 106 cm³/mol. The molecule has 1 aliphatic heterocycles. The molecule has 1 atom stereocenters. The van der Waals surface area contributed by atoms with Crippen LogP contribution in [0, 0.1) is 0 Å². The average molecular weight is 382 g/mol. The predicted octanol–water partition coefficient (Wildman–Crippen LogP) is 4.25. The van der Waals surface area contributed by atoms with Crippen LogP contribution in [0.2, 0.25) is 0 Å². The lowest BCUT2D eigenvalue weighted by Crippen LogP contribution is -2.43. The van der Waals surface area contributed by atoms with E-state index in [-0.39, 0.29) is 11.9 Å². The standard InChI is InChI=1S/C21H23N3O2S/c25-21(24-11-5-2-6-12-24)19(16-8-3-1-4-9-16)22-14-17-15-26-20(23-17)18-10-7-13-27-18/h1,3-4,7-10,13,15,19,22H,2,5-6,11-12,14H2. The van der Waals surface area contributed by atoms with Gasteiger partial charge in [-0.3, -0.25) is 10.1 Å². The highest BCUT2D eigenvalue weighted by molar-refractivity contribution is 7.13. The van der Waals surface area contributed by atoms with E-state index in [0.29, 0.717) is 12.4 Å². The summed E-state index contributed by atoms with van der Waals surface area (Å²) < 4.78 is 5.59. The van der Waals surface area contributed by atoms with E-state index in [4.69, 9.17) is 4.42 Å². The Morgan fingerprint density at radius 3 is 2.70 bits per heavy atom. The SMILES string of the molecule is O=C(C(NCc1coc(-c2cccs2)n1)c1ccccc1)N1CCCCC1. The van der Waals surface area contributed by atoms with E-state index in [0.717, 1.165) is 42.1 Å². The molecule has 5 nitrogen and oxygen atoms in total. The Kier molecular flexibility index (Phi) is 5.65. The first-order chi connectivity index (χ1) is 13.3. The summed E-state index contributed by atoms with van der Waals surface area (Å²) in [6.07, 6.45) is 5.04. The van der Waals surface area contributed by atoms with Crippen LogP contribution in [0.25, 0.3) is 10.8 Å². The van der Waals surface area contributed by atoms with Gasteiger partial charge in [0.2, 0.25) is 11.8 Å². The molecular formula is C21H23N3O2S. The number of hydrogen-bond acceptors (Lipinski definition) is 5. The number of likely N-dealkylation sites (tertiary alicyclic amines) is 1.